The van der Waals surface area contributed by atoms with Crippen LogP contribution in [0.1, 0.15) is 26.7 Å². The number of ether oxygens (including phenoxy) is 2. The van der Waals surface area contributed by atoms with Crippen LogP contribution in [0.2, 0.25) is 0 Å². The molecular weight excluding hydrogens is 274 g/mol. The molecule has 1 aromatic carbocycles. The molecule has 0 spiro atoms. The van der Waals surface area contributed by atoms with Crippen LogP contribution in [-0.4, -0.2) is 30.2 Å². The Labute approximate surface area is 123 Å². The average Bonchev–Trinajstić information content (AvgIpc) is 2.51. The first kappa shape index (κ1) is 15.4. The number of anilines is 1. The topological polar surface area (TPSA) is 99.7 Å². The van der Waals surface area contributed by atoms with Crippen molar-refractivity contribution in [1.82, 2.24) is 0 Å². The van der Waals surface area contributed by atoms with Gasteiger partial charge in [-0.05, 0) is 12.8 Å². The third kappa shape index (κ3) is 3.36. The van der Waals surface area contributed by atoms with Crippen molar-refractivity contribution in [1.29, 1.82) is 0 Å². The molecule has 7 nitrogen and oxygen atoms in total. The molecule has 3 N–H and O–H groups in total. The molecule has 1 aliphatic rings. The molecule has 0 aliphatic carbocycles. The number of hydrogen-bond acceptors (Lipinski definition) is 6. The highest BCUT2D eigenvalue weighted by Crippen LogP contribution is 2.39. The third-order valence-corrected chi connectivity index (χ3v) is 3.90. The largest absolute Gasteiger partial charge is 0.486 e. The van der Waals surface area contributed by atoms with Crippen LogP contribution in [0, 0.1) is 10.1 Å². The summed E-state index contributed by atoms with van der Waals surface area (Å²) in [5, 5.41) is 14.3. The van der Waals surface area contributed by atoms with Gasteiger partial charge in [0.2, 0.25) is 0 Å². The van der Waals surface area contributed by atoms with Gasteiger partial charge in [0.25, 0.3) is 5.69 Å². The van der Waals surface area contributed by atoms with Crippen LogP contribution in [0.5, 0.6) is 11.5 Å². The number of benzene rings is 1. The summed E-state index contributed by atoms with van der Waals surface area (Å²) in [6.45, 7) is 5.30. The summed E-state index contributed by atoms with van der Waals surface area (Å²) >= 11 is 0. The monoisotopic (exact) mass is 295 g/mol. The second-order valence-electron chi connectivity index (χ2n) is 5.19. The van der Waals surface area contributed by atoms with Gasteiger partial charge in [-0.25, -0.2) is 0 Å². The molecule has 7 heteroatoms. The molecule has 2 rings (SSSR count). The van der Waals surface area contributed by atoms with Gasteiger partial charge in [0, 0.05) is 18.2 Å². The second-order valence-corrected chi connectivity index (χ2v) is 5.19. The highest BCUT2D eigenvalue weighted by molar-refractivity contribution is 5.68. The summed E-state index contributed by atoms with van der Waals surface area (Å²) in [5.74, 6) is 0.925. The normalized spacial score (nSPS) is 13.9. The minimum Gasteiger partial charge on any atom is -0.486 e. The number of nitro groups is 1. The van der Waals surface area contributed by atoms with E-state index in [9.17, 15) is 10.1 Å². The summed E-state index contributed by atoms with van der Waals surface area (Å²) in [6.07, 6.45) is 1.57. The highest BCUT2D eigenvalue weighted by atomic mass is 16.6. The number of nitrogens with two attached hydrogens (primary N) is 1. The fourth-order valence-corrected chi connectivity index (χ4v) is 2.14. The summed E-state index contributed by atoms with van der Waals surface area (Å²) in [7, 11) is 0. The third-order valence-electron chi connectivity index (χ3n) is 3.90. The Kier molecular flexibility index (Phi) is 4.52. The standard InChI is InChI=1S/C14H21N3O4/c1-3-14(15,4-2)9-16-10-7-12-13(21-6-5-20-12)8-11(10)17(18)19/h7-8,16H,3-6,9,15H2,1-2H3. The van der Waals surface area contributed by atoms with Crippen LogP contribution in [0.15, 0.2) is 12.1 Å². The predicted molar refractivity (Wildman–Crippen MR) is 80.1 cm³/mol. The van der Waals surface area contributed by atoms with Crippen LogP contribution < -0.4 is 20.5 Å². The molecular formula is C14H21N3O4. The first-order valence-electron chi connectivity index (χ1n) is 7.10. The van der Waals surface area contributed by atoms with E-state index in [1.165, 1.54) is 6.07 Å². The number of nitro benzene ring substituents is 1. The Morgan fingerprint density at radius 1 is 1.29 bits per heavy atom. The summed E-state index contributed by atoms with van der Waals surface area (Å²) in [4.78, 5) is 10.8. The zero-order valence-corrected chi connectivity index (χ0v) is 12.3. The SMILES string of the molecule is CCC(N)(CC)CNc1cc2c(cc1[N+](=O)[O-])OCCO2. The lowest BCUT2D eigenvalue weighted by Gasteiger charge is -2.27. The zero-order chi connectivity index (χ0) is 15.5. The molecule has 1 heterocycles. The first-order chi connectivity index (χ1) is 9.99. The lowest BCUT2D eigenvalue weighted by molar-refractivity contribution is -0.384. The van der Waals surface area contributed by atoms with Gasteiger partial charge in [-0.15, -0.1) is 0 Å². The van der Waals surface area contributed by atoms with Gasteiger partial charge < -0.3 is 20.5 Å². The fraction of sp³-hybridized carbons (Fsp3) is 0.571. The number of hydrogen-bond donors (Lipinski definition) is 2. The minimum atomic E-state index is -0.434. The molecule has 0 atom stereocenters. The van der Waals surface area contributed by atoms with Gasteiger partial charge in [0.15, 0.2) is 11.5 Å². The van der Waals surface area contributed by atoms with Crippen molar-refractivity contribution in [2.45, 2.75) is 32.2 Å². The first-order valence-corrected chi connectivity index (χ1v) is 7.10. The van der Waals surface area contributed by atoms with Gasteiger partial charge in [-0.2, -0.15) is 0 Å². The van der Waals surface area contributed by atoms with E-state index in [4.69, 9.17) is 15.2 Å². The van der Waals surface area contributed by atoms with Crippen molar-refractivity contribution in [3.8, 4) is 11.5 Å². The zero-order valence-electron chi connectivity index (χ0n) is 12.3. The molecule has 0 aromatic heterocycles. The Hall–Kier alpha value is -2.02. The Balaban J connectivity index is 2.27. The lowest BCUT2D eigenvalue weighted by atomic mass is 9.94. The maximum absolute atomic E-state index is 11.2. The second kappa shape index (κ2) is 6.17. The number of nitrogens with zero attached hydrogens (tertiary/aromatic N) is 1. The van der Waals surface area contributed by atoms with Gasteiger partial charge >= 0.3 is 0 Å². The molecule has 1 aromatic rings. The van der Waals surface area contributed by atoms with Crippen molar-refractivity contribution in [2.24, 2.45) is 5.73 Å². The molecule has 0 amide bonds. The molecule has 0 saturated heterocycles. The van der Waals surface area contributed by atoms with E-state index in [1.54, 1.807) is 6.07 Å². The van der Waals surface area contributed by atoms with E-state index in [-0.39, 0.29) is 11.2 Å². The van der Waals surface area contributed by atoms with Crippen molar-refractivity contribution in [2.75, 3.05) is 25.1 Å². The van der Waals surface area contributed by atoms with E-state index in [2.05, 4.69) is 5.32 Å². The predicted octanol–water partition coefficient (Wildman–Crippen LogP) is 2.30. The van der Waals surface area contributed by atoms with Gasteiger partial charge in [0.05, 0.1) is 11.0 Å². The average molecular weight is 295 g/mol. The molecule has 21 heavy (non-hydrogen) atoms. The van der Waals surface area contributed by atoms with E-state index in [0.717, 1.165) is 12.8 Å². The van der Waals surface area contributed by atoms with Crippen molar-refractivity contribution in [3.63, 3.8) is 0 Å². The van der Waals surface area contributed by atoms with Crippen LogP contribution in [0.25, 0.3) is 0 Å². The van der Waals surface area contributed by atoms with Crippen molar-refractivity contribution < 1.29 is 14.4 Å². The van der Waals surface area contributed by atoms with Crippen molar-refractivity contribution >= 4 is 11.4 Å². The smallest absolute Gasteiger partial charge is 0.296 e. The van der Waals surface area contributed by atoms with Crippen LogP contribution in [0.3, 0.4) is 0 Å². The molecule has 1 aliphatic heterocycles. The maximum Gasteiger partial charge on any atom is 0.296 e. The molecule has 0 unspecified atom stereocenters. The summed E-state index contributed by atoms with van der Waals surface area (Å²) < 4.78 is 10.8. The van der Waals surface area contributed by atoms with Crippen LogP contribution in [0.4, 0.5) is 11.4 Å². The van der Waals surface area contributed by atoms with Gasteiger partial charge in [-0.1, -0.05) is 13.8 Å². The Morgan fingerprint density at radius 3 is 2.38 bits per heavy atom. The van der Waals surface area contributed by atoms with Gasteiger partial charge in [0.1, 0.15) is 18.9 Å². The molecule has 0 fully saturated rings. The van der Waals surface area contributed by atoms with Gasteiger partial charge in [-0.3, -0.25) is 10.1 Å². The van der Waals surface area contributed by atoms with E-state index in [1.807, 2.05) is 13.8 Å². The van der Waals surface area contributed by atoms with E-state index >= 15 is 0 Å². The minimum absolute atomic E-state index is 0.0335. The number of rotatable bonds is 6. The number of nitrogens with one attached hydrogen (secondary N) is 1. The summed E-state index contributed by atoms with van der Waals surface area (Å²) in [6, 6.07) is 3.01. The summed E-state index contributed by atoms with van der Waals surface area (Å²) in [5.41, 5.74) is 6.20. The fourth-order valence-electron chi connectivity index (χ4n) is 2.14. The molecule has 0 bridgehead atoms. The Bertz CT molecular complexity index is 529. The van der Waals surface area contributed by atoms with Crippen LogP contribution >= 0.6 is 0 Å². The van der Waals surface area contributed by atoms with Crippen molar-refractivity contribution in [3.05, 3.63) is 22.2 Å². The van der Waals surface area contributed by atoms with Crippen LogP contribution in [-0.2, 0) is 0 Å². The van der Waals surface area contributed by atoms with E-state index in [0.29, 0.717) is 36.9 Å². The lowest BCUT2D eigenvalue weighted by Crippen LogP contribution is -2.45. The highest BCUT2D eigenvalue weighted by Gasteiger charge is 2.25. The Morgan fingerprint density at radius 2 is 1.86 bits per heavy atom. The number of fused-ring (bicyclic) bond motifs is 1. The molecule has 0 saturated carbocycles. The quantitative estimate of drug-likeness (QED) is 0.617. The molecule has 116 valence electrons. The van der Waals surface area contributed by atoms with E-state index < -0.39 is 4.92 Å². The molecule has 0 radical (unpaired) electrons. The maximum atomic E-state index is 11.2.